The Labute approximate surface area is 202 Å². The summed E-state index contributed by atoms with van der Waals surface area (Å²) in [4.78, 5) is 39.9. The Bertz CT molecular complexity index is 1240. The fourth-order valence-electron chi connectivity index (χ4n) is 4.65. The maximum absolute atomic E-state index is 12.4. The van der Waals surface area contributed by atoms with Crippen molar-refractivity contribution in [2.75, 3.05) is 11.9 Å². The van der Waals surface area contributed by atoms with Gasteiger partial charge in [0.2, 0.25) is 5.91 Å². The summed E-state index contributed by atoms with van der Waals surface area (Å²) < 4.78 is 5.54. The van der Waals surface area contributed by atoms with E-state index in [9.17, 15) is 14.4 Å². The van der Waals surface area contributed by atoms with Gasteiger partial charge in [0, 0.05) is 11.6 Å². The maximum atomic E-state index is 12.4. The molecule has 8 heteroatoms. The summed E-state index contributed by atoms with van der Waals surface area (Å²) in [5.41, 5.74) is 4.97. The van der Waals surface area contributed by atoms with Crippen LogP contribution in [-0.4, -0.2) is 40.2 Å². The lowest BCUT2D eigenvalue weighted by Crippen LogP contribution is -2.39. The van der Waals surface area contributed by atoms with Gasteiger partial charge in [0.1, 0.15) is 6.61 Å². The molecule has 1 saturated carbocycles. The molecule has 5 rings (SSSR count). The molecular formula is C27H25N3O5. The molecule has 2 amide bonds. The second-order valence-corrected chi connectivity index (χ2v) is 9.06. The zero-order valence-corrected chi connectivity index (χ0v) is 19.0. The first kappa shape index (κ1) is 22.6. The summed E-state index contributed by atoms with van der Waals surface area (Å²) in [6.07, 6.45) is 2.18. The van der Waals surface area contributed by atoms with Gasteiger partial charge < -0.3 is 15.2 Å². The van der Waals surface area contributed by atoms with Crippen molar-refractivity contribution in [2.45, 2.75) is 37.1 Å². The molecular weight excluding hydrogens is 446 g/mol. The molecule has 0 saturated heterocycles. The van der Waals surface area contributed by atoms with Crippen molar-refractivity contribution in [3.63, 3.8) is 0 Å². The first-order valence-corrected chi connectivity index (χ1v) is 11.5. The van der Waals surface area contributed by atoms with Crippen LogP contribution in [0.15, 0.2) is 66.9 Å². The third-order valence-corrected chi connectivity index (χ3v) is 6.50. The Balaban J connectivity index is 1.14. The van der Waals surface area contributed by atoms with Crippen molar-refractivity contribution in [1.82, 2.24) is 10.3 Å². The first-order chi connectivity index (χ1) is 16.9. The van der Waals surface area contributed by atoms with Crippen LogP contribution in [0.1, 0.15) is 42.0 Å². The second-order valence-electron chi connectivity index (χ2n) is 9.06. The average Bonchev–Trinajstić information content (AvgIpc) is 3.50. The van der Waals surface area contributed by atoms with Crippen molar-refractivity contribution >= 4 is 23.7 Å². The SMILES string of the molecule is O=C(O)CC1(NC(=O)Cc2ccc(NC(=O)OCC3c4ccccc4-c4ccccc43)cn2)CC1. The molecule has 2 aromatic carbocycles. The van der Waals surface area contributed by atoms with E-state index in [4.69, 9.17) is 9.84 Å². The lowest BCUT2D eigenvalue weighted by atomic mass is 9.98. The molecule has 1 heterocycles. The largest absolute Gasteiger partial charge is 0.481 e. The Kier molecular flexibility index (Phi) is 5.94. The number of nitrogens with zero attached hydrogens (tertiary/aromatic N) is 1. The number of anilines is 1. The van der Waals surface area contributed by atoms with Crippen molar-refractivity contribution in [1.29, 1.82) is 0 Å². The van der Waals surface area contributed by atoms with Crippen molar-refractivity contribution < 1.29 is 24.2 Å². The average molecular weight is 472 g/mol. The molecule has 0 atom stereocenters. The molecule has 8 nitrogen and oxygen atoms in total. The maximum Gasteiger partial charge on any atom is 0.411 e. The van der Waals surface area contributed by atoms with Crippen LogP contribution < -0.4 is 10.6 Å². The molecule has 35 heavy (non-hydrogen) atoms. The number of carbonyl (C=O) groups is 3. The Morgan fingerprint density at radius 3 is 2.20 bits per heavy atom. The van der Waals surface area contributed by atoms with Crippen LogP contribution in [-0.2, 0) is 20.7 Å². The van der Waals surface area contributed by atoms with Gasteiger partial charge in [-0.25, -0.2) is 4.79 Å². The van der Waals surface area contributed by atoms with Gasteiger partial charge in [0.05, 0.1) is 30.3 Å². The number of carboxylic acid groups (broad SMARTS) is 1. The third-order valence-electron chi connectivity index (χ3n) is 6.50. The number of hydrogen-bond donors (Lipinski definition) is 3. The number of hydrogen-bond acceptors (Lipinski definition) is 5. The topological polar surface area (TPSA) is 118 Å². The number of carbonyl (C=O) groups excluding carboxylic acids is 2. The highest BCUT2D eigenvalue weighted by Gasteiger charge is 2.45. The lowest BCUT2D eigenvalue weighted by Gasteiger charge is -2.15. The molecule has 0 unspecified atom stereocenters. The van der Waals surface area contributed by atoms with E-state index in [0.29, 0.717) is 24.2 Å². The zero-order chi connectivity index (χ0) is 24.4. The van der Waals surface area contributed by atoms with Crippen LogP contribution in [0.2, 0.25) is 0 Å². The molecule has 2 aliphatic carbocycles. The summed E-state index contributed by atoms with van der Waals surface area (Å²) in [6, 6.07) is 19.6. The molecule has 0 aliphatic heterocycles. The van der Waals surface area contributed by atoms with Crippen LogP contribution in [0.25, 0.3) is 11.1 Å². The van der Waals surface area contributed by atoms with Crippen LogP contribution in [0.5, 0.6) is 0 Å². The van der Waals surface area contributed by atoms with Crippen LogP contribution in [0.3, 0.4) is 0 Å². The molecule has 0 radical (unpaired) electrons. The summed E-state index contributed by atoms with van der Waals surface area (Å²) in [6.45, 7) is 0.212. The number of aliphatic carboxylic acids is 1. The van der Waals surface area contributed by atoms with Crippen molar-refractivity contribution in [3.05, 3.63) is 83.7 Å². The number of nitrogens with one attached hydrogen (secondary N) is 2. The van der Waals surface area contributed by atoms with E-state index in [0.717, 1.165) is 22.3 Å². The molecule has 1 fully saturated rings. The minimum Gasteiger partial charge on any atom is -0.481 e. The van der Waals surface area contributed by atoms with Crippen molar-refractivity contribution in [3.8, 4) is 11.1 Å². The van der Waals surface area contributed by atoms with Gasteiger partial charge in [-0.2, -0.15) is 0 Å². The standard InChI is InChI=1S/C27H25N3O5/c31-24(30-27(11-12-27)14-25(32)33)13-17-9-10-18(15-28-17)29-26(34)35-16-23-21-7-3-1-5-19(21)20-6-2-4-8-22(20)23/h1-10,15,23H,11-14,16H2,(H,29,34)(H,30,31)(H,32,33). The van der Waals surface area contributed by atoms with E-state index < -0.39 is 17.6 Å². The predicted molar refractivity (Wildman–Crippen MR) is 129 cm³/mol. The second kappa shape index (κ2) is 9.21. The highest BCUT2D eigenvalue weighted by atomic mass is 16.5. The predicted octanol–water partition coefficient (Wildman–Crippen LogP) is 4.11. The fraction of sp³-hybridized carbons (Fsp3) is 0.259. The summed E-state index contributed by atoms with van der Waals surface area (Å²) in [7, 11) is 0. The molecule has 178 valence electrons. The van der Waals surface area contributed by atoms with E-state index in [1.54, 1.807) is 12.1 Å². The molecule has 3 aromatic rings. The smallest absolute Gasteiger partial charge is 0.411 e. The minimum absolute atomic E-state index is 0.0250. The number of aromatic nitrogens is 1. The summed E-state index contributed by atoms with van der Waals surface area (Å²) in [5, 5.41) is 14.4. The first-order valence-electron chi connectivity index (χ1n) is 11.5. The van der Waals surface area contributed by atoms with E-state index in [1.807, 2.05) is 24.3 Å². The quantitative estimate of drug-likeness (QED) is 0.455. The van der Waals surface area contributed by atoms with Crippen LogP contribution >= 0.6 is 0 Å². The van der Waals surface area contributed by atoms with E-state index in [-0.39, 0.29) is 31.3 Å². The monoisotopic (exact) mass is 471 g/mol. The summed E-state index contributed by atoms with van der Waals surface area (Å²) >= 11 is 0. The lowest BCUT2D eigenvalue weighted by molar-refractivity contribution is -0.138. The molecule has 1 aromatic heterocycles. The van der Waals surface area contributed by atoms with E-state index >= 15 is 0 Å². The van der Waals surface area contributed by atoms with Gasteiger partial charge in [0.25, 0.3) is 0 Å². The van der Waals surface area contributed by atoms with Gasteiger partial charge in [-0.3, -0.25) is 19.9 Å². The van der Waals surface area contributed by atoms with Gasteiger partial charge >= 0.3 is 12.1 Å². The fourth-order valence-corrected chi connectivity index (χ4v) is 4.65. The number of ether oxygens (including phenoxy) is 1. The number of carboxylic acids is 1. The highest BCUT2D eigenvalue weighted by Crippen LogP contribution is 2.44. The normalized spacial score (nSPS) is 15.0. The number of rotatable bonds is 8. The number of amides is 2. The minimum atomic E-state index is -0.926. The van der Waals surface area contributed by atoms with Crippen molar-refractivity contribution in [2.24, 2.45) is 0 Å². The molecule has 0 spiro atoms. The Morgan fingerprint density at radius 1 is 0.971 bits per heavy atom. The Hall–Kier alpha value is -4.20. The highest BCUT2D eigenvalue weighted by molar-refractivity contribution is 5.85. The third kappa shape index (κ3) is 5.01. The number of benzene rings is 2. The molecule has 2 aliphatic rings. The zero-order valence-electron chi connectivity index (χ0n) is 19.0. The van der Waals surface area contributed by atoms with E-state index in [2.05, 4.69) is 39.9 Å². The number of fused-ring (bicyclic) bond motifs is 3. The van der Waals surface area contributed by atoms with Gasteiger partial charge in [0.15, 0.2) is 0 Å². The van der Waals surface area contributed by atoms with Gasteiger partial charge in [-0.05, 0) is 47.2 Å². The molecule has 0 bridgehead atoms. The van der Waals surface area contributed by atoms with Crippen LogP contribution in [0, 0.1) is 0 Å². The van der Waals surface area contributed by atoms with E-state index in [1.165, 1.54) is 6.20 Å². The number of pyridine rings is 1. The Morgan fingerprint density at radius 2 is 1.63 bits per heavy atom. The summed E-state index contributed by atoms with van der Waals surface area (Å²) in [5.74, 6) is -1.22. The van der Waals surface area contributed by atoms with Crippen LogP contribution in [0.4, 0.5) is 10.5 Å². The van der Waals surface area contributed by atoms with Gasteiger partial charge in [-0.15, -0.1) is 0 Å². The molecule has 3 N–H and O–H groups in total. The van der Waals surface area contributed by atoms with Gasteiger partial charge in [-0.1, -0.05) is 48.5 Å².